The number of hydrogen-bond acceptors (Lipinski definition) is 4. The van der Waals surface area contributed by atoms with Gasteiger partial charge in [0.2, 0.25) is 11.8 Å². The van der Waals surface area contributed by atoms with Gasteiger partial charge in [0.25, 0.3) is 0 Å². The summed E-state index contributed by atoms with van der Waals surface area (Å²) in [5, 5.41) is 21.9. The van der Waals surface area contributed by atoms with Gasteiger partial charge in [0.15, 0.2) is 0 Å². The molecule has 0 radical (unpaired) electrons. The van der Waals surface area contributed by atoms with Crippen molar-refractivity contribution in [2.45, 2.75) is 51.9 Å². The Kier molecular flexibility index (Phi) is 7.02. The lowest BCUT2D eigenvalue weighted by Gasteiger charge is -2.27. The molecule has 0 unspecified atom stereocenters. The smallest absolute Gasteiger partial charge is 0.426 e. The molecule has 1 aromatic rings. The molecule has 25 heavy (non-hydrogen) atoms. The molecule has 3 N–H and O–H groups in total. The molecule has 2 rings (SSSR count). The summed E-state index contributed by atoms with van der Waals surface area (Å²) >= 11 is 0. The molecule has 0 saturated carbocycles. The van der Waals surface area contributed by atoms with Crippen LogP contribution in [0.2, 0.25) is 0 Å². The summed E-state index contributed by atoms with van der Waals surface area (Å²) in [7, 11) is -1.64. The Balaban J connectivity index is 1.89. The first-order chi connectivity index (χ1) is 11.9. The van der Waals surface area contributed by atoms with Gasteiger partial charge < -0.3 is 20.3 Å². The topological polar surface area (TPSA) is 89.9 Å². The second-order valence-corrected chi connectivity index (χ2v) is 6.81. The molecule has 7 heteroatoms. The van der Waals surface area contributed by atoms with Gasteiger partial charge in [-0.05, 0) is 44.2 Å². The van der Waals surface area contributed by atoms with Crippen LogP contribution in [0, 0.1) is 13.8 Å². The lowest BCUT2D eigenvalue weighted by Crippen LogP contribution is -2.49. The van der Waals surface area contributed by atoms with Gasteiger partial charge in [-0.2, -0.15) is 0 Å². The van der Waals surface area contributed by atoms with Crippen LogP contribution >= 0.6 is 0 Å². The Bertz CT molecular complexity index is 621. The van der Waals surface area contributed by atoms with Crippen molar-refractivity contribution in [1.29, 1.82) is 0 Å². The number of nitrogens with zero attached hydrogens (tertiary/aromatic N) is 1. The van der Waals surface area contributed by atoms with Crippen LogP contribution in [-0.4, -0.2) is 52.9 Å². The molecule has 1 aliphatic heterocycles. The van der Waals surface area contributed by atoms with Crippen LogP contribution < -0.4 is 5.32 Å². The highest BCUT2D eigenvalue weighted by Gasteiger charge is 2.26. The molecular formula is C18H27BN2O4. The summed E-state index contributed by atoms with van der Waals surface area (Å²) < 4.78 is 0. The fourth-order valence-corrected chi connectivity index (χ4v) is 3.16. The number of rotatable bonds is 7. The number of aryl methyl sites for hydroxylation is 2. The molecule has 1 fully saturated rings. The molecule has 0 spiro atoms. The van der Waals surface area contributed by atoms with E-state index in [0.717, 1.165) is 29.5 Å². The largest absolute Gasteiger partial charge is 0.475 e. The maximum Gasteiger partial charge on any atom is 0.475 e. The molecule has 1 saturated heterocycles. The number of amides is 2. The third-order valence-electron chi connectivity index (χ3n) is 4.67. The highest BCUT2D eigenvalue weighted by molar-refractivity contribution is 6.43. The van der Waals surface area contributed by atoms with E-state index in [1.165, 1.54) is 0 Å². The predicted octanol–water partition coefficient (Wildman–Crippen LogP) is 0.745. The van der Waals surface area contributed by atoms with E-state index in [1.807, 2.05) is 32.0 Å². The average molecular weight is 346 g/mol. The van der Waals surface area contributed by atoms with Crippen molar-refractivity contribution in [2.24, 2.45) is 0 Å². The molecule has 0 aliphatic carbocycles. The maximum absolute atomic E-state index is 12.2. The van der Waals surface area contributed by atoms with E-state index >= 15 is 0 Å². The molecule has 1 heterocycles. The Morgan fingerprint density at radius 2 is 2.08 bits per heavy atom. The van der Waals surface area contributed by atoms with Crippen molar-refractivity contribution in [3.63, 3.8) is 0 Å². The number of nitrogens with one attached hydrogen (secondary N) is 1. The number of carbonyl (C=O) groups excluding carboxylic acids is 2. The van der Waals surface area contributed by atoms with Gasteiger partial charge in [-0.3, -0.25) is 9.59 Å². The maximum atomic E-state index is 12.2. The second kappa shape index (κ2) is 9.01. The summed E-state index contributed by atoms with van der Waals surface area (Å²) in [5.41, 5.74) is 3.16. The zero-order valence-electron chi connectivity index (χ0n) is 15.0. The van der Waals surface area contributed by atoms with Crippen molar-refractivity contribution in [2.75, 3.05) is 13.1 Å². The van der Waals surface area contributed by atoms with E-state index in [4.69, 9.17) is 0 Å². The molecule has 6 nitrogen and oxygen atoms in total. The summed E-state index contributed by atoms with van der Waals surface area (Å²) in [5.74, 6) is -0.958. The summed E-state index contributed by atoms with van der Waals surface area (Å²) in [6.07, 6.45) is 2.94. The standard InChI is InChI=1S/C18H27BN2O4/c1-13-6-7-15(14(2)11-13)12-16(19(24)25)20-17(22)8-10-21-9-4-3-5-18(21)23/h6-7,11,16,24-25H,3-5,8-10,12H2,1-2H3,(H,20,22)/t16-/m0/s1. The van der Waals surface area contributed by atoms with Crippen molar-refractivity contribution >= 4 is 18.9 Å². The van der Waals surface area contributed by atoms with Gasteiger partial charge in [0.05, 0.1) is 5.94 Å². The van der Waals surface area contributed by atoms with Crippen LogP contribution in [-0.2, 0) is 16.0 Å². The van der Waals surface area contributed by atoms with Crippen LogP contribution in [0.25, 0.3) is 0 Å². The van der Waals surface area contributed by atoms with Crippen LogP contribution in [0.15, 0.2) is 18.2 Å². The fraction of sp³-hybridized carbons (Fsp3) is 0.556. The van der Waals surface area contributed by atoms with Crippen LogP contribution in [0.3, 0.4) is 0 Å². The SMILES string of the molecule is Cc1ccc(C[C@H](NC(=O)CCN2CCCCC2=O)B(O)O)c(C)c1. The summed E-state index contributed by atoms with van der Waals surface area (Å²) in [6.45, 7) is 5.04. The van der Waals surface area contributed by atoms with Gasteiger partial charge in [-0.1, -0.05) is 23.8 Å². The lowest BCUT2D eigenvalue weighted by molar-refractivity contribution is -0.133. The number of hydrogen-bond donors (Lipinski definition) is 3. The molecule has 1 aromatic carbocycles. The summed E-state index contributed by atoms with van der Waals surface area (Å²) in [6, 6.07) is 5.94. The first kappa shape index (κ1) is 19.5. The zero-order chi connectivity index (χ0) is 18.4. The Morgan fingerprint density at radius 3 is 2.72 bits per heavy atom. The molecular weight excluding hydrogens is 319 g/mol. The predicted molar refractivity (Wildman–Crippen MR) is 96.8 cm³/mol. The van der Waals surface area contributed by atoms with Crippen molar-refractivity contribution in [3.05, 3.63) is 34.9 Å². The normalized spacial score (nSPS) is 15.8. The average Bonchev–Trinajstić information content (AvgIpc) is 2.55. The van der Waals surface area contributed by atoms with Crippen molar-refractivity contribution in [3.8, 4) is 0 Å². The van der Waals surface area contributed by atoms with Gasteiger partial charge in [0, 0.05) is 25.9 Å². The minimum Gasteiger partial charge on any atom is -0.426 e. The third-order valence-corrected chi connectivity index (χ3v) is 4.67. The number of benzene rings is 1. The zero-order valence-corrected chi connectivity index (χ0v) is 15.0. The minimum atomic E-state index is -1.64. The lowest BCUT2D eigenvalue weighted by atomic mass is 9.75. The van der Waals surface area contributed by atoms with Crippen LogP contribution in [0.5, 0.6) is 0 Å². The van der Waals surface area contributed by atoms with Crippen molar-refractivity contribution < 1.29 is 19.6 Å². The van der Waals surface area contributed by atoms with Gasteiger partial charge in [0.1, 0.15) is 0 Å². The quantitative estimate of drug-likeness (QED) is 0.636. The number of piperidine rings is 1. The monoisotopic (exact) mass is 346 g/mol. The molecule has 2 amide bonds. The first-order valence-electron chi connectivity index (χ1n) is 8.86. The van der Waals surface area contributed by atoms with Gasteiger partial charge >= 0.3 is 7.12 Å². The fourth-order valence-electron chi connectivity index (χ4n) is 3.16. The first-order valence-corrected chi connectivity index (χ1v) is 8.86. The highest BCUT2D eigenvalue weighted by atomic mass is 16.4. The van der Waals surface area contributed by atoms with E-state index in [2.05, 4.69) is 5.32 Å². The Morgan fingerprint density at radius 1 is 1.32 bits per heavy atom. The molecule has 136 valence electrons. The molecule has 1 atom stereocenters. The highest BCUT2D eigenvalue weighted by Crippen LogP contribution is 2.14. The van der Waals surface area contributed by atoms with Crippen LogP contribution in [0.1, 0.15) is 42.4 Å². The van der Waals surface area contributed by atoms with Crippen LogP contribution in [0.4, 0.5) is 0 Å². The number of likely N-dealkylation sites (tertiary alicyclic amines) is 1. The molecule has 0 bridgehead atoms. The Labute approximate surface area is 149 Å². The minimum absolute atomic E-state index is 0.0908. The van der Waals surface area contributed by atoms with Gasteiger partial charge in [-0.25, -0.2) is 0 Å². The second-order valence-electron chi connectivity index (χ2n) is 6.81. The van der Waals surface area contributed by atoms with E-state index in [-0.39, 0.29) is 18.2 Å². The number of carbonyl (C=O) groups is 2. The Hall–Kier alpha value is -1.86. The van der Waals surface area contributed by atoms with Crippen molar-refractivity contribution in [1.82, 2.24) is 10.2 Å². The van der Waals surface area contributed by atoms with E-state index in [1.54, 1.807) is 4.90 Å². The third kappa shape index (κ3) is 5.86. The van der Waals surface area contributed by atoms with E-state index in [0.29, 0.717) is 25.9 Å². The van der Waals surface area contributed by atoms with E-state index < -0.39 is 13.1 Å². The summed E-state index contributed by atoms with van der Waals surface area (Å²) in [4.78, 5) is 25.6. The molecule has 1 aliphatic rings. The van der Waals surface area contributed by atoms with Gasteiger partial charge in [-0.15, -0.1) is 0 Å². The van der Waals surface area contributed by atoms with E-state index in [9.17, 15) is 19.6 Å². The molecule has 0 aromatic heterocycles.